The Bertz CT molecular complexity index is 358. The first-order valence-corrected chi connectivity index (χ1v) is 5.37. The van der Waals surface area contributed by atoms with Crippen molar-refractivity contribution in [3.8, 4) is 0 Å². The number of hydrogen-bond acceptors (Lipinski definition) is 2. The quantitative estimate of drug-likeness (QED) is 0.737. The van der Waals surface area contributed by atoms with E-state index in [0.29, 0.717) is 23.2 Å². The maximum Gasteiger partial charge on any atom is 0.251 e. The molecule has 0 aromatic heterocycles. The zero-order valence-electron chi connectivity index (χ0n) is 8.86. The van der Waals surface area contributed by atoms with Gasteiger partial charge in [0.15, 0.2) is 0 Å². The van der Waals surface area contributed by atoms with Gasteiger partial charge in [0.2, 0.25) is 0 Å². The van der Waals surface area contributed by atoms with E-state index in [2.05, 4.69) is 12.2 Å². The predicted octanol–water partition coefficient (Wildman–Crippen LogP) is 1.80. The molecule has 1 aliphatic carbocycles. The average Bonchev–Trinajstić information content (AvgIpc) is 2.97. The van der Waals surface area contributed by atoms with Crippen molar-refractivity contribution in [2.75, 3.05) is 5.73 Å². The first kappa shape index (κ1) is 10.0. The Hall–Kier alpha value is -1.51. The van der Waals surface area contributed by atoms with Crippen LogP contribution in [0.25, 0.3) is 0 Å². The monoisotopic (exact) mass is 204 g/mol. The molecule has 0 bridgehead atoms. The highest BCUT2D eigenvalue weighted by Crippen LogP contribution is 2.33. The van der Waals surface area contributed by atoms with Crippen LogP contribution in [0.4, 0.5) is 5.69 Å². The van der Waals surface area contributed by atoms with Gasteiger partial charge in [0, 0.05) is 17.3 Å². The second kappa shape index (κ2) is 3.93. The summed E-state index contributed by atoms with van der Waals surface area (Å²) in [4.78, 5) is 11.7. The fourth-order valence-corrected chi connectivity index (χ4v) is 1.76. The van der Waals surface area contributed by atoms with Gasteiger partial charge < -0.3 is 11.1 Å². The summed E-state index contributed by atoms with van der Waals surface area (Å²) >= 11 is 0. The number of benzene rings is 1. The van der Waals surface area contributed by atoms with Crippen molar-refractivity contribution in [3.05, 3.63) is 29.8 Å². The van der Waals surface area contributed by atoms with E-state index in [4.69, 9.17) is 5.73 Å². The van der Waals surface area contributed by atoms with Gasteiger partial charge in [-0.3, -0.25) is 4.79 Å². The van der Waals surface area contributed by atoms with Crippen LogP contribution in [0.3, 0.4) is 0 Å². The second-order valence-electron chi connectivity index (χ2n) is 4.11. The van der Waals surface area contributed by atoms with E-state index in [0.717, 1.165) is 12.8 Å². The van der Waals surface area contributed by atoms with Crippen molar-refractivity contribution < 1.29 is 4.79 Å². The normalized spacial score (nSPS) is 23.5. The number of anilines is 1. The predicted molar refractivity (Wildman–Crippen MR) is 60.5 cm³/mol. The second-order valence-corrected chi connectivity index (χ2v) is 4.11. The van der Waals surface area contributed by atoms with E-state index in [-0.39, 0.29) is 5.91 Å². The van der Waals surface area contributed by atoms with E-state index in [1.807, 2.05) is 0 Å². The summed E-state index contributed by atoms with van der Waals surface area (Å²) in [6.07, 6.45) is 2.27. The fraction of sp³-hybridized carbons (Fsp3) is 0.417. The molecule has 80 valence electrons. The third-order valence-electron chi connectivity index (χ3n) is 2.94. The molecular weight excluding hydrogens is 188 g/mol. The molecule has 1 saturated carbocycles. The molecule has 2 atom stereocenters. The SMILES string of the molecule is CCC1CC1NC(=O)c1ccc(N)cc1. The standard InChI is InChI=1S/C12H16N2O/c1-2-8-7-11(8)14-12(15)9-3-5-10(13)6-4-9/h3-6,8,11H,2,7,13H2,1H3,(H,14,15). The highest BCUT2D eigenvalue weighted by atomic mass is 16.1. The molecule has 1 amide bonds. The Morgan fingerprint density at radius 3 is 2.67 bits per heavy atom. The Balaban J connectivity index is 1.94. The van der Waals surface area contributed by atoms with Gasteiger partial charge in [0.25, 0.3) is 5.91 Å². The highest BCUT2D eigenvalue weighted by Gasteiger charge is 2.36. The van der Waals surface area contributed by atoms with Gasteiger partial charge in [0.1, 0.15) is 0 Å². The van der Waals surface area contributed by atoms with Gasteiger partial charge in [-0.2, -0.15) is 0 Å². The zero-order valence-corrected chi connectivity index (χ0v) is 8.86. The van der Waals surface area contributed by atoms with Crippen molar-refractivity contribution in [1.29, 1.82) is 0 Å². The summed E-state index contributed by atoms with van der Waals surface area (Å²) in [6.45, 7) is 2.15. The summed E-state index contributed by atoms with van der Waals surface area (Å²) in [5.41, 5.74) is 6.92. The van der Waals surface area contributed by atoms with Gasteiger partial charge in [-0.15, -0.1) is 0 Å². The van der Waals surface area contributed by atoms with Crippen molar-refractivity contribution in [1.82, 2.24) is 5.32 Å². The minimum Gasteiger partial charge on any atom is -0.399 e. The fourth-order valence-electron chi connectivity index (χ4n) is 1.76. The lowest BCUT2D eigenvalue weighted by molar-refractivity contribution is 0.0949. The molecule has 1 aromatic carbocycles. The van der Waals surface area contributed by atoms with Gasteiger partial charge >= 0.3 is 0 Å². The number of nitrogen functional groups attached to an aromatic ring is 1. The van der Waals surface area contributed by atoms with E-state index in [1.165, 1.54) is 0 Å². The number of carbonyl (C=O) groups is 1. The highest BCUT2D eigenvalue weighted by molar-refractivity contribution is 5.94. The molecular formula is C12H16N2O. The van der Waals surface area contributed by atoms with Gasteiger partial charge in [-0.25, -0.2) is 0 Å². The van der Waals surface area contributed by atoms with Gasteiger partial charge in [-0.1, -0.05) is 13.3 Å². The van der Waals surface area contributed by atoms with Crippen molar-refractivity contribution >= 4 is 11.6 Å². The molecule has 3 heteroatoms. The number of hydrogen-bond donors (Lipinski definition) is 2. The largest absolute Gasteiger partial charge is 0.399 e. The van der Waals surface area contributed by atoms with E-state index < -0.39 is 0 Å². The first-order valence-electron chi connectivity index (χ1n) is 5.37. The van der Waals surface area contributed by atoms with E-state index in [9.17, 15) is 4.79 Å². The van der Waals surface area contributed by atoms with Gasteiger partial charge in [0.05, 0.1) is 0 Å². The molecule has 15 heavy (non-hydrogen) atoms. The number of amides is 1. The van der Waals surface area contributed by atoms with E-state index in [1.54, 1.807) is 24.3 Å². The molecule has 0 radical (unpaired) electrons. The van der Waals surface area contributed by atoms with Crippen molar-refractivity contribution in [3.63, 3.8) is 0 Å². The van der Waals surface area contributed by atoms with Crippen LogP contribution in [0.5, 0.6) is 0 Å². The summed E-state index contributed by atoms with van der Waals surface area (Å²) in [5, 5.41) is 3.01. The Kier molecular flexibility index (Phi) is 2.62. The molecule has 3 N–H and O–H groups in total. The lowest BCUT2D eigenvalue weighted by Crippen LogP contribution is -2.26. The topological polar surface area (TPSA) is 55.1 Å². The minimum atomic E-state index is 0.0101. The van der Waals surface area contributed by atoms with Gasteiger partial charge in [-0.05, 0) is 36.6 Å². The average molecular weight is 204 g/mol. The van der Waals surface area contributed by atoms with Crippen LogP contribution < -0.4 is 11.1 Å². The van der Waals surface area contributed by atoms with Crippen LogP contribution in [0.15, 0.2) is 24.3 Å². The molecule has 0 spiro atoms. The Morgan fingerprint density at radius 1 is 1.47 bits per heavy atom. The van der Waals surface area contributed by atoms with Crippen LogP contribution in [0, 0.1) is 5.92 Å². The third-order valence-corrected chi connectivity index (χ3v) is 2.94. The third kappa shape index (κ3) is 2.29. The van der Waals surface area contributed by atoms with Crippen molar-refractivity contribution in [2.24, 2.45) is 5.92 Å². The summed E-state index contributed by atoms with van der Waals surface area (Å²) in [7, 11) is 0. The zero-order chi connectivity index (χ0) is 10.8. The van der Waals surface area contributed by atoms with Crippen LogP contribution in [0.1, 0.15) is 30.1 Å². The van der Waals surface area contributed by atoms with E-state index >= 15 is 0 Å². The maximum atomic E-state index is 11.7. The molecule has 1 aromatic rings. The van der Waals surface area contributed by atoms with Crippen LogP contribution >= 0.6 is 0 Å². The van der Waals surface area contributed by atoms with Crippen LogP contribution in [0.2, 0.25) is 0 Å². The molecule has 0 heterocycles. The minimum absolute atomic E-state index is 0.0101. The molecule has 2 rings (SSSR count). The Morgan fingerprint density at radius 2 is 2.13 bits per heavy atom. The van der Waals surface area contributed by atoms with Crippen LogP contribution in [-0.2, 0) is 0 Å². The number of carbonyl (C=O) groups excluding carboxylic acids is 1. The van der Waals surface area contributed by atoms with Crippen LogP contribution in [-0.4, -0.2) is 11.9 Å². The summed E-state index contributed by atoms with van der Waals surface area (Å²) < 4.78 is 0. The molecule has 3 nitrogen and oxygen atoms in total. The lowest BCUT2D eigenvalue weighted by atomic mass is 10.2. The number of nitrogens with one attached hydrogen (secondary N) is 1. The number of rotatable bonds is 3. The maximum absolute atomic E-state index is 11.7. The smallest absolute Gasteiger partial charge is 0.251 e. The summed E-state index contributed by atoms with van der Waals surface area (Å²) in [5.74, 6) is 0.693. The number of nitrogens with two attached hydrogens (primary N) is 1. The molecule has 2 unspecified atom stereocenters. The summed E-state index contributed by atoms with van der Waals surface area (Å²) in [6, 6.07) is 7.40. The molecule has 0 aliphatic heterocycles. The van der Waals surface area contributed by atoms with Crippen molar-refractivity contribution in [2.45, 2.75) is 25.8 Å². The Labute approximate surface area is 89.7 Å². The lowest BCUT2D eigenvalue weighted by Gasteiger charge is -2.04. The first-order chi connectivity index (χ1) is 7.20. The molecule has 1 aliphatic rings. The molecule has 0 saturated heterocycles. The molecule has 1 fully saturated rings.